The zero-order chi connectivity index (χ0) is 14.2. The van der Waals surface area contributed by atoms with Crippen LogP contribution in [0.3, 0.4) is 0 Å². The van der Waals surface area contributed by atoms with Gasteiger partial charge in [-0.15, -0.1) is 0 Å². The number of halogens is 1. The van der Waals surface area contributed by atoms with Crippen molar-refractivity contribution in [3.05, 3.63) is 29.6 Å². The molecule has 4 heteroatoms. The van der Waals surface area contributed by atoms with Gasteiger partial charge in [-0.2, -0.15) is 5.26 Å². The van der Waals surface area contributed by atoms with Crippen molar-refractivity contribution >= 4 is 5.69 Å². The third-order valence-corrected chi connectivity index (χ3v) is 3.87. The van der Waals surface area contributed by atoms with Gasteiger partial charge in [-0.3, -0.25) is 0 Å². The highest BCUT2D eigenvalue weighted by atomic mass is 19.1. The van der Waals surface area contributed by atoms with Crippen molar-refractivity contribution in [1.29, 1.82) is 5.26 Å². The van der Waals surface area contributed by atoms with Crippen LogP contribution in [0.2, 0.25) is 0 Å². The molecule has 2 rings (SSSR count). The maximum absolute atomic E-state index is 13.7. The van der Waals surface area contributed by atoms with E-state index in [-0.39, 0.29) is 17.5 Å². The third kappa shape index (κ3) is 2.43. The summed E-state index contributed by atoms with van der Waals surface area (Å²) in [5, 5.41) is 19.2. The van der Waals surface area contributed by atoms with Gasteiger partial charge in [0.15, 0.2) is 0 Å². The summed E-state index contributed by atoms with van der Waals surface area (Å²) in [6.07, 6.45) is 0.664. The van der Waals surface area contributed by atoms with Crippen molar-refractivity contribution in [3.63, 3.8) is 0 Å². The van der Waals surface area contributed by atoms with E-state index in [0.717, 1.165) is 5.69 Å². The molecule has 0 unspecified atom stereocenters. The number of aliphatic hydroxyl groups is 1. The molecule has 0 aliphatic carbocycles. The molecule has 1 aromatic rings. The summed E-state index contributed by atoms with van der Waals surface area (Å²) in [5.41, 5.74) is 0.0159. The smallest absolute Gasteiger partial charge is 0.143 e. The zero-order valence-corrected chi connectivity index (χ0v) is 11.5. The molecule has 1 saturated heterocycles. The van der Waals surface area contributed by atoms with Gasteiger partial charge in [-0.05, 0) is 37.5 Å². The van der Waals surface area contributed by atoms with Gasteiger partial charge < -0.3 is 10.0 Å². The Morgan fingerprint density at radius 3 is 2.74 bits per heavy atom. The van der Waals surface area contributed by atoms with E-state index in [4.69, 9.17) is 5.26 Å². The lowest BCUT2D eigenvalue weighted by molar-refractivity contribution is 0.0371. The van der Waals surface area contributed by atoms with Crippen LogP contribution in [0.5, 0.6) is 0 Å². The molecule has 102 valence electrons. The fraction of sp³-hybridized carbons (Fsp3) is 0.533. The molecule has 19 heavy (non-hydrogen) atoms. The molecular formula is C15H19FN2O. The molecule has 0 bridgehead atoms. The van der Waals surface area contributed by atoms with E-state index in [1.165, 1.54) is 12.1 Å². The SMILES string of the molecule is CC(C)[C@@H]1N(c2ccc(C#N)c(F)c2)CC[C@]1(C)O. The van der Waals surface area contributed by atoms with Crippen molar-refractivity contribution in [2.24, 2.45) is 5.92 Å². The van der Waals surface area contributed by atoms with Crippen molar-refractivity contribution < 1.29 is 9.50 Å². The molecule has 0 spiro atoms. The minimum Gasteiger partial charge on any atom is -0.388 e. The van der Waals surface area contributed by atoms with Gasteiger partial charge in [0.05, 0.1) is 17.2 Å². The standard InChI is InChI=1S/C15H19FN2O/c1-10(2)14-15(3,19)6-7-18(14)12-5-4-11(9-17)13(16)8-12/h4-5,8,10,14,19H,6-7H2,1-3H3/t14-,15-/m0/s1. The van der Waals surface area contributed by atoms with E-state index in [1.54, 1.807) is 6.07 Å². The predicted octanol–water partition coefficient (Wildman–Crippen LogP) is 2.68. The van der Waals surface area contributed by atoms with Gasteiger partial charge in [0, 0.05) is 12.2 Å². The van der Waals surface area contributed by atoms with Gasteiger partial charge in [0.25, 0.3) is 0 Å². The van der Waals surface area contributed by atoms with E-state index < -0.39 is 11.4 Å². The number of anilines is 1. The average molecular weight is 262 g/mol. The molecule has 1 aliphatic rings. The van der Waals surface area contributed by atoms with Crippen LogP contribution in [0.15, 0.2) is 18.2 Å². The summed E-state index contributed by atoms with van der Waals surface area (Å²) in [7, 11) is 0. The minimum absolute atomic E-state index is 0.0418. The minimum atomic E-state index is -0.765. The Balaban J connectivity index is 2.37. The van der Waals surface area contributed by atoms with Crippen LogP contribution in [0.1, 0.15) is 32.8 Å². The molecule has 1 heterocycles. The maximum Gasteiger partial charge on any atom is 0.143 e. The summed E-state index contributed by atoms with van der Waals surface area (Å²) in [5.74, 6) is -0.245. The lowest BCUT2D eigenvalue weighted by Gasteiger charge is -2.36. The number of nitriles is 1. The topological polar surface area (TPSA) is 47.3 Å². The second kappa shape index (κ2) is 4.82. The predicted molar refractivity (Wildman–Crippen MR) is 72.3 cm³/mol. The Morgan fingerprint density at radius 1 is 1.53 bits per heavy atom. The van der Waals surface area contributed by atoms with Gasteiger partial charge in [-0.25, -0.2) is 4.39 Å². The molecule has 0 amide bonds. The normalized spacial score (nSPS) is 26.8. The molecule has 0 saturated carbocycles. The number of benzene rings is 1. The molecule has 2 atom stereocenters. The third-order valence-electron chi connectivity index (χ3n) is 3.87. The van der Waals surface area contributed by atoms with Crippen molar-refractivity contribution in [3.8, 4) is 6.07 Å². The fourth-order valence-corrected chi connectivity index (χ4v) is 3.11. The summed E-state index contributed by atoms with van der Waals surface area (Å²) < 4.78 is 13.7. The van der Waals surface area contributed by atoms with Crippen LogP contribution in [0, 0.1) is 23.1 Å². The van der Waals surface area contributed by atoms with E-state index in [1.807, 2.05) is 17.9 Å². The number of nitrogens with zero attached hydrogens (tertiary/aromatic N) is 2. The van der Waals surface area contributed by atoms with Crippen LogP contribution in [-0.2, 0) is 0 Å². The Morgan fingerprint density at radius 2 is 2.21 bits per heavy atom. The van der Waals surface area contributed by atoms with E-state index in [9.17, 15) is 9.50 Å². The summed E-state index contributed by atoms with van der Waals surface area (Å²) >= 11 is 0. The Hall–Kier alpha value is -1.60. The van der Waals surface area contributed by atoms with Gasteiger partial charge in [0.1, 0.15) is 11.9 Å². The van der Waals surface area contributed by atoms with Gasteiger partial charge in [0.2, 0.25) is 0 Å². The van der Waals surface area contributed by atoms with E-state index in [0.29, 0.717) is 13.0 Å². The highest BCUT2D eigenvalue weighted by molar-refractivity contribution is 5.53. The average Bonchev–Trinajstić information content (AvgIpc) is 2.64. The van der Waals surface area contributed by atoms with Crippen LogP contribution >= 0.6 is 0 Å². The van der Waals surface area contributed by atoms with Crippen molar-refractivity contribution in [2.45, 2.75) is 38.8 Å². The summed E-state index contributed by atoms with van der Waals surface area (Å²) in [6.45, 7) is 6.63. The van der Waals surface area contributed by atoms with Crippen molar-refractivity contribution in [2.75, 3.05) is 11.4 Å². The zero-order valence-electron chi connectivity index (χ0n) is 11.5. The first kappa shape index (κ1) is 13.8. The summed E-state index contributed by atoms with van der Waals surface area (Å²) in [6, 6.07) is 6.41. The van der Waals surface area contributed by atoms with Crippen LogP contribution < -0.4 is 4.90 Å². The van der Waals surface area contributed by atoms with Gasteiger partial charge in [-0.1, -0.05) is 13.8 Å². The molecule has 0 radical (unpaired) electrons. The lowest BCUT2D eigenvalue weighted by Crippen LogP contribution is -2.46. The second-order valence-electron chi connectivity index (χ2n) is 5.77. The second-order valence-corrected chi connectivity index (χ2v) is 5.77. The van der Waals surface area contributed by atoms with Crippen molar-refractivity contribution in [1.82, 2.24) is 0 Å². The molecular weight excluding hydrogens is 243 g/mol. The Kier molecular flexibility index (Phi) is 3.51. The van der Waals surface area contributed by atoms with E-state index in [2.05, 4.69) is 13.8 Å². The Labute approximate surface area is 113 Å². The number of rotatable bonds is 2. The molecule has 1 aliphatic heterocycles. The molecule has 1 aromatic carbocycles. The first-order chi connectivity index (χ1) is 8.86. The Bertz CT molecular complexity index is 519. The largest absolute Gasteiger partial charge is 0.388 e. The van der Waals surface area contributed by atoms with E-state index >= 15 is 0 Å². The monoisotopic (exact) mass is 262 g/mol. The molecule has 0 aromatic heterocycles. The van der Waals surface area contributed by atoms with Crippen LogP contribution in [0.25, 0.3) is 0 Å². The molecule has 3 nitrogen and oxygen atoms in total. The number of hydrogen-bond donors (Lipinski definition) is 1. The van der Waals surface area contributed by atoms with Crippen LogP contribution in [0.4, 0.5) is 10.1 Å². The van der Waals surface area contributed by atoms with Gasteiger partial charge >= 0.3 is 0 Å². The highest BCUT2D eigenvalue weighted by Gasteiger charge is 2.44. The highest BCUT2D eigenvalue weighted by Crippen LogP contribution is 2.36. The summed E-state index contributed by atoms with van der Waals surface area (Å²) in [4.78, 5) is 2.04. The quantitative estimate of drug-likeness (QED) is 0.891. The first-order valence-corrected chi connectivity index (χ1v) is 6.55. The number of hydrogen-bond acceptors (Lipinski definition) is 3. The fourth-order valence-electron chi connectivity index (χ4n) is 3.11. The maximum atomic E-state index is 13.7. The lowest BCUT2D eigenvalue weighted by atomic mass is 9.88. The molecule has 1 N–H and O–H groups in total. The van der Waals surface area contributed by atoms with Crippen LogP contribution in [-0.4, -0.2) is 23.3 Å². The molecule has 1 fully saturated rings. The first-order valence-electron chi connectivity index (χ1n) is 6.55.